The standard InChI is InChI=1S/C27H30N2O3/c1-5-7-11-21(6-2)18-25(30)29-24-16-14-23(15-17-24)26(20(3)27(31)28-4)32-19-22-12-9-8-10-13-22/h5-17H,2,18-19H2,1,3-4H3,(H,28,31)(H,29,30)/b7-5-,21-11+,26-20+. The lowest BCUT2D eigenvalue weighted by Crippen LogP contribution is -2.20. The third-order valence-corrected chi connectivity index (χ3v) is 4.69. The number of allylic oxidation sites excluding steroid dienone is 4. The molecule has 5 heteroatoms. The Morgan fingerprint density at radius 3 is 2.34 bits per heavy atom. The van der Waals surface area contributed by atoms with E-state index in [0.29, 0.717) is 23.6 Å². The number of amides is 2. The minimum Gasteiger partial charge on any atom is -0.488 e. The third-order valence-electron chi connectivity index (χ3n) is 4.69. The molecule has 0 spiro atoms. The number of anilines is 1. The molecule has 5 nitrogen and oxygen atoms in total. The summed E-state index contributed by atoms with van der Waals surface area (Å²) >= 11 is 0. The first kappa shape index (κ1) is 24.4. The molecule has 0 heterocycles. The largest absolute Gasteiger partial charge is 0.488 e. The van der Waals surface area contributed by atoms with Crippen LogP contribution in [0.3, 0.4) is 0 Å². The molecule has 0 aliphatic heterocycles. The second-order valence-electron chi connectivity index (χ2n) is 7.08. The minimum atomic E-state index is -0.213. The van der Waals surface area contributed by atoms with E-state index < -0.39 is 0 Å². The summed E-state index contributed by atoms with van der Waals surface area (Å²) in [6.45, 7) is 7.73. The predicted octanol–water partition coefficient (Wildman–Crippen LogP) is 5.40. The van der Waals surface area contributed by atoms with Gasteiger partial charge in [-0.25, -0.2) is 0 Å². The van der Waals surface area contributed by atoms with Gasteiger partial charge in [-0.1, -0.05) is 61.2 Å². The van der Waals surface area contributed by atoms with Crippen molar-refractivity contribution in [3.8, 4) is 0 Å². The van der Waals surface area contributed by atoms with Gasteiger partial charge >= 0.3 is 0 Å². The molecule has 2 N–H and O–H groups in total. The van der Waals surface area contributed by atoms with Crippen LogP contribution in [-0.4, -0.2) is 18.9 Å². The highest BCUT2D eigenvalue weighted by molar-refractivity contribution is 5.99. The van der Waals surface area contributed by atoms with Gasteiger partial charge in [0.15, 0.2) is 0 Å². The summed E-state index contributed by atoms with van der Waals surface area (Å²) in [5, 5.41) is 5.52. The van der Waals surface area contributed by atoms with Gasteiger partial charge in [0.2, 0.25) is 11.8 Å². The van der Waals surface area contributed by atoms with E-state index in [2.05, 4.69) is 17.2 Å². The summed E-state index contributed by atoms with van der Waals surface area (Å²) < 4.78 is 6.03. The molecule has 32 heavy (non-hydrogen) atoms. The molecule has 166 valence electrons. The summed E-state index contributed by atoms with van der Waals surface area (Å²) in [6, 6.07) is 17.0. The fourth-order valence-corrected chi connectivity index (χ4v) is 2.94. The lowest BCUT2D eigenvalue weighted by molar-refractivity contribution is -0.117. The Morgan fingerprint density at radius 2 is 1.75 bits per heavy atom. The number of hydrogen-bond donors (Lipinski definition) is 2. The summed E-state index contributed by atoms with van der Waals surface area (Å²) in [6.07, 6.45) is 7.53. The fraction of sp³-hybridized carbons (Fsp3) is 0.185. The zero-order chi connectivity index (χ0) is 23.3. The van der Waals surface area contributed by atoms with Crippen molar-refractivity contribution in [2.24, 2.45) is 0 Å². The predicted molar refractivity (Wildman–Crippen MR) is 131 cm³/mol. The van der Waals surface area contributed by atoms with Crippen LogP contribution in [0.25, 0.3) is 5.76 Å². The van der Waals surface area contributed by atoms with Gasteiger partial charge in [-0.3, -0.25) is 9.59 Å². The summed E-state index contributed by atoms with van der Waals surface area (Å²) in [5.41, 5.74) is 3.72. The first-order valence-corrected chi connectivity index (χ1v) is 10.4. The number of rotatable bonds is 10. The van der Waals surface area contributed by atoms with Crippen molar-refractivity contribution in [2.75, 3.05) is 12.4 Å². The first-order chi connectivity index (χ1) is 15.5. The van der Waals surface area contributed by atoms with Gasteiger partial charge in [-0.15, -0.1) is 0 Å². The Hall–Kier alpha value is -3.86. The molecular weight excluding hydrogens is 400 g/mol. The maximum absolute atomic E-state index is 12.3. The van der Waals surface area contributed by atoms with Gasteiger partial charge < -0.3 is 15.4 Å². The molecule has 0 aliphatic carbocycles. The minimum absolute atomic E-state index is 0.133. The second kappa shape index (κ2) is 12.7. The van der Waals surface area contributed by atoms with Gasteiger partial charge in [-0.2, -0.15) is 0 Å². The summed E-state index contributed by atoms with van der Waals surface area (Å²) in [4.78, 5) is 24.6. The molecule has 0 saturated heterocycles. The molecule has 0 bridgehead atoms. The molecule has 0 aliphatic rings. The Balaban J connectivity index is 2.17. The van der Waals surface area contributed by atoms with E-state index in [0.717, 1.165) is 16.7 Å². The SMILES string of the molecule is C=C/C(=C\C=C/C)CC(=O)Nc1ccc(/C(OCc2ccccc2)=C(/C)C(=O)NC)cc1. The van der Waals surface area contributed by atoms with Crippen LogP contribution in [0.2, 0.25) is 0 Å². The molecular formula is C27H30N2O3. The molecule has 0 radical (unpaired) electrons. The highest BCUT2D eigenvalue weighted by Gasteiger charge is 2.14. The highest BCUT2D eigenvalue weighted by Crippen LogP contribution is 2.24. The van der Waals surface area contributed by atoms with E-state index in [1.54, 1.807) is 32.2 Å². The van der Waals surface area contributed by atoms with Crippen molar-refractivity contribution < 1.29 is 14.3 Å². The second-order valence-corrected chi connectivity index (χ2v) is 7.08. The number of likely N-dealkylation sites (N-methyl/N-ethyl adjacent to an activating group) is 1. The lowest BCUT2D eigenvalue weighted by Gasteiger charge is -2.15. The fourth-order valence-electron chi connectivity index (χ4n) is 2.94. The normalized spacial score (nSPS) is 12.2. The van der Waals surface area contributed by atoms with Crippen LogP contribution < -0.4 is 10.6 Å². The van der Waals surface area contributed by atoms with Crippen LogP contribution in [0.5, 0.6) is 0 Å². The maximum atomic E-state index is 12.3. The lowest BCUT2D eigenvalue weighted by atomic mass is 10.1. The number of ether oxygens (including phenoxy) is 1. The molecule has 0 unspecified atom stereocenters. The average molecular weight is 431 g/mol. The van der Waals surface area contributed by atoms with Crippen molar-refractivity contribution in [2.45, 2.75) is 26.9 Å². The summed E-state index contributed by atoms with van der Waals surface area (Å²) in [5.74, 6) is 0.149. The number of hydrogen-bond acceptors (Lipinski definition) is 3. The Morgan fingerprint density at radius 1 is 1.06 bits per heavy atom. The zero-order valence-electron chi connectivity index (χ0n) is 18.9. The van der Waals surface area contributed by atoms with E-state index in [1.807, 2.05) is 67.6 Å². The monoisotopic (exact) mass is 430 g/mol. The van der Waals surface area contributed by atoms with Crippen LogP contribution in [0, 0.1) is 0 Å². The highest BCUT2D eigenvalue weighted by atomic mass is 16.5. The molecule has 0 atom stereocenters. The molecule has 0 saturated carbocycles. The van der Waals surface area contributed by atoms with Gasteiger partial charge in [0.05, 0.1) is 12.0 Å². The quantitative estimate of drug-likeness (QED) is 0.301. The third kappa shape index (κ3) is 7.43. The summed E-state index contributed by atoms with van der Waals surface area (Å²) in [7, 11) is 1.58. The Kier molecular flexibility index (Phi) is 9.72. The van der Waals surface area contributed by atoms with Crippen LogP contribution in [-0.2, 0) is 20.9 Å². The van der Waals surface area contributed by atoms with E-state index >= 15 is 0 Å². The number of nitrogens with one attached hydrogen (secondary N) is 2. The topological polar surface area (TPSA) is 67.4 Å². The average Bonchev–Trinajstić information content (AvgIpc) is 2.82. The van der Waals surface area contributed by atoms with Crippen molar-refractivity contribution in [1.82, 2.24) is 5.32 Å². The van der Waals surface area contributed by atoms with E-state index in [4.69, 9.17) is 4.74 Å². The first-order valence-electron chi connectivity index (χ1n) is 10.4. The number of carbonyl (C=O) groups is 2. The van der Waals surface area contributed by atoms with Gasteiger partial charge in [-0.05, 0) is 49.2 Å². The van der Waals surface area contributed by atoms with Gasteiger partial charge in [0, 0.05) is 18.3 Å². The van der Waals surface area contributed by atoms with Crippen LogP contribution in [0.1, 0.15) is 31.4 Å². The molecule has 2 aromatic rings. The van der Waals surface area contributed by atoms with Gasteiger partial charge in [0.25, 0.3) is 0 Å². The molecule has 2 aromatic carbocycles. The number of carbonyl (C=O) groups excluding carboxylic acids is 2. The van der Waals surface area contributed by atoms with E-state index in [9.17, 15) is 9.59 Å². The van der Waals surface area contributed by atoms with E-state index in [-0.39, 0.29) is 18.2 Å². The Bertz CT molecular complexity index is 1020. The smallest absolute Gasteiger partial charge is 0.250 e. The van der Waals surface area contributed by atoms with Crippen LogP contribution in [0.4, 0.5) is 5.69 Å². The zero-order valence-corrected chi connectivity index (χ0v) is 18.9. The van der Waals surface area contributed by atoms with Crippen molar-refractivity contribution >= 4 is 23.3 Å². The number of benzene rings is 2. The van der Waals surface area contributed by atoms with E-state index in [1.165, 1.54) is 0 Å². The van der Waals surface area contributed by atoms with Crippen molar-refractivity contribution in [3.63, 3.8) is 0 Å². The molecule has 0 aromatic heterocycles. The van der Waals surface area contributed by atoms with Gasteiger partial charge in [0.1, 0.15) is 12.4 Å². The van der Waals surface area contributed by atoms with Crippen LogP contribution in [0.15, 0.2) is 96.6 Å². The molecule has 2 amide bonds. The van der Waals surface area contributed by atoms with Crippen LogP contribution >= 0.6 is 0 Å². The molecule has 2 rings (SSSR count). The van der Waals surface area contributed by atoms with Crippen molar-refractivity contribution in [1.29, 1.82) is 0 Å². The maximum Gasteiger partial charge on any atom is 0.250 e. The van der Waals surface area contributed by atoms with Crippen molar-refractivity contribution in [3.05, 3.63) is 108 Å². The Labute approximate surface area is 190 Å². The molecule has 0 fully saturated rings.